The molecule has 4 nitrogen and oxygen atoms in total. The zero-order chi connectivity index (χ0) is 13.0. The molecule has 0 bridgehead atoms. The third-order valence-electron chi connectivity index (χ3n) is 3.31. The van der Waals surface area contributed by atoms with Crippen LogP contribution in [0.4, 0.5) is 0 Å². The fraction of sp³-hybridized carbons (Fsp3) is 0.357. The average Bonchev–Trinajstić information content (AvgIpc) is 2.44. The Hall–Kier alpha value is -1.49. The highest BCUT2D eigenvalue weighted by atomic mass is 16.5. The second-order valence-corrected chi connectivity index (χ2v) is 4.27. The summed E-state index contributed by atoms with van der Waals surface area (Å²) in [6, 6.07) is 8.14. The molecule has 1 aromatic carbocycles. The molecule has 2 atom stereocenters. The van der Waals surface area contributed by atoms with E-state index in [-0.39, 0.29) is 12.1 Å². The van der Waals surface area contributed by atoms with E-state index < -0.39 is 0 Å². The van der Waals surface area contributed by atoms with Crippen molar-refractivity contribution in [1.29, 1.82) is 0 Å². The van der Waals surface area contributed by atoms with E-state index in [0.717, 1.165) is 22.8 Å². The summed E-state index contributed by atoms with van der Waals surface area (Å²) in [6.45, 7) is 2.09. The molecule has 18 heavy (non-hydrogen) atoms. The van der Waals surface area contributed by atoms with Crippen molar-refractivity contribution in [3.63, 3.8) is 0 Å². The summed E-state index contributed by atoms with van der Waals surface area (Å²) < 4.78 is 5.50. The van der Waals surface area contributed by atoms with Crippen LogP contribution in [0.15, 0.2) is 36.7 Å². The number of hydrogen-bond acceptors (Lipinski definition) is 4. The molecule has 96 valence electrons. The van der Waals surface area contributed by atoms with Crippen LogP contribution in [0.25, 0.3) is 10.8 Å². The van der Waals surface area contributed by atoms with Gasteiger partial charge < -0.3 is 4.74 Å². The molecule has 0 saturated heterocycles. The van der Waals surface area contributed by atoms with Gasteiger partial charge >= 0.3 is 0 Å². The Morgan fingerprint density at radius 2 is 2.22 bits per heavy atom. The highest BCUT2D eigenvalue weighted by molar-refractivity contribution is 5.85. The van der Waals surface area contributed by atoms with Crippen LogP contribution in [0, 0.1) is 0 Å². The second-order valence-electron chi connectivity index (χ2n) is 4.27. The standard InChI is InChI=1S/C14H19N3O/c1-3-13(18-2)14(17-15)12-6-4-5-10-9-16-8-7-11(10)12/h4-9,13-14,17H,3,15H2,1-2H3. The largest absolute Gasteiger partial charge is 0.379 e. The van der Waals surface area contributed by atoms with Crippen molar-refractivity contribution in [3.8, 4) is 0 Å². The summed E-state index contributed by atoms with van der Waals surface area (Å²) in [5.74, 6) is 5.70. The molecule has 3 N–H and O–H groups in total. The minimum absolute atomic E-state index is 0.0221. The first kappa shape index (κ1) is 13.0. The number of benzene rings is 1. The SMILES string of the molecule is CCC(OC)C(NN)c1cccc2cnccc12. The molecule has 0 radical (unpaired) electrons. The van der Waals surface area contributed by atoms with E-state index in [1.807, 2.05) is 24.4 Å². The molecular weight excluding hydrogens is 226 g/mol. The van der Waals surface area contributed by atoms with Crippen LogP contribution in [0.2, 0.25) is 0 Å². The topological polar surface area (TPSA) is 60.2 Å². The zero-order valence-corrected chi connectivity index (χ0v) is 10.8. The molecule has 0 aliphatic rings. The quantitative estimate of drug-likeness (QED) is 0.626. The van der Waals surface area contributed by atoms with Crippen LogP contribution in [0.5, 0.6) is 0 Å². The van der Waals surface area contributed by atoms with Crippen molar-refractivity contribution in [2.75, 3.05) is 7.11 Å². The molecule has 1 heterocycles. The van der Waals surface area contributed by atoms with E-state index in [4.69, 9.17) is 10.6 Å². The molecular formula is C14H19N3O. The average molecular weight is 245 g/mol. The first-order valence-electron chi connectivity index (χ1n) is 6.13. The summed E-state index contributed by atoms with van der Waals surface area (Å²) in [6.07, 6.45) is 4.61. The summed E-state index contributed by atoms with van der Waals surface area (Å²) in [7, 11) is 1.71. The number of nitrogens with one attached hydrogen (secondary N) is 1. The molecule has 4 heteroatoms. The maximum Gasteiger partial charge on any atom is 0.0776 e. The van der Waals surface area contributed by atoms with Crippen molar-refractivity contribution in [2.24, 2.45) is 5.84 Å². The molecule has 0 fully saturated rings. The van der Waals surface area contributed by atoms with Crippen molar-refractivity contribution in [2.45, 2.75) is 25.5 Å². The number of pyridine rings is 1. The van der Waals surface area contributed by atoms with Crippen LogP contribution in [-0.4, -0.2) is 18.2 Å². The van der Waals surface area contributed by atoms with Crippen LogP contribution in [-0.2, 0) is 4.74 Å². The first-order chi connectivity index (χ1) is 8.81. The third-order valence-corrected chi connectivity index (χ3v) is 3.31. The molecule has 0 saturated carbocycles. The Kier molecular flexibility index (Phi) is 4.25. The smallest absolute Gasteiger partial charge is 0.0776 e. The highest BCUT2D eigenvalue weighted by Gasteiger charge is 2.21. The van der Waals surface area contributed by atoms with E-state index in [2.05, 4.69) is 23.4 Å². The number of ether oxygens (including phenoxy) is 1. The Labute approximate surface area is 107 Å². The monoisotopic (exact) mass is 245 g/mol. The van der Waals surface area contributed by atoms with Gasteiger partial charge in [-0.25, -0.2) is 0 Å². The van der Waals surface area contributed by atoms with Gasteiger partial charge in [-0.3, -0.25) is 16.3 Å². The summed E-state index contributed by atoms with van der Waals surface area (Å²) in [4.78, 5) is 4.14. The lowest BCUT2D eigenvalue weighted by Crippen LogP contribution is -2.37. The van der Waals surface area contributed by atoms with Gasteiger partial charge in [-0.05, 0) is 23.4 Å². The summed E-state index contributed by atoms with van der Waals surface area (Å²) >= 11 is 0. The van der Waals surface area contributed by atoms with Gasteiger partial charge in [0.05, 0.1) is 12.1 Å². The fourth-order valence-corrected chi connectivity index (χ4v) is 2.35. The van der Waals surface area contributed by atoms with E-state index in [0.29, 0.717) is 0 Å². The van der Waals surface area contributed by atoms with Crippen LogP contribution in [0.3, 0.4) is 0 Å². The van der Waals surface area contributed by atoms with Crippen molar-refractivity contribution >= 4 is 10.8 Å². The van der Waals surface area contributed by atoms with E-state index >= 15 is 0 Å². The summed E-state index contributed by atoms with van der Waals surface area (Å²) in [5, 5.41) is 2.27. The van der Waals surface area contributed by atoms with Gasteiger partial charge in [0.2, 0.25) is 0 Å². The maximum atomic E-state index is 5.70. The Balaban J connectivity index is 2.51. The van der Waals surface area contributed by atoms with Crippen molar-refractivity contribution < 1.29 is 4.74 Å². The number of methoxy groups -OCH3 is 1. The Bertz CT molecular complexity index is 506. The molecule has 2 rings (SSSR count). The fourth-order valence-electron chi connectivity index (χ4n) is 2.35. The molecule has 0 amide bonds. The van der Waals surface area contributed by atoms with E-state index in [1.165, 1.54) is 0 Å². The number of aromatic nitrogens is 1. The van der Waals surface area contributed by atoms with E-state index in [1.54, 1.807) is 13.3 Å². The van der Waals surface area contributed by atoms with Crippen LogP contribution in [0.1, 0.15) is 24.9 Å². The molecule has 0 aliphatic carbocycles. The summed E-state index contributed by atoms with van der Waals surface area (Å²) in [5.41, 5.74) is 4.01. The van der Waals surface area contributed by atoms with Gasteiger partial charge in [-0.1, -0.05) is 25.1 Å². The van der Waals surface area contributed by atoms with Crippen molar-refractivity contribution in [1.82, 2.24) is 10.4 Å². The highest BCUT2D eigenvalue weighted by Crippen LogP contribution is 2.27. The van der Waals surface area contributed by atoms with Crippen LogP contribution >= 0.6 is 0 Å². The second kappa shape index (κ2) is 5.91. The first-order valence-corrected chi connectivity index (χ1v) is 6.13. The predicted octanol–water partition coefficient (Wildman–Crippen LogP) is 2.16. The van der Waals surface area contributed by atoms with Gasteiger partial charge in [0.1, 0.15) is 0 Å². The molecule has 2 aromatic rings. The molecule has 0 spiro atoms. The third kappa shape index (κ3) is 2.36. The number of nitrogens with two attached hydrogens (primary N) is 1. The number of fused-ring (bicyclic) bond motifs is 1. The molecule has 1 aromatic heterocycles. The van der Waals surface area contributed by atoms with E-state index in [9.17, 15) is 0 Å². The minimum Gasteiger partial charge on any atom is -0.379 e. The van der Waals surface area contributed by atoms with Gasteiger partial charge in [0.25, 0.3) is 0 Å². The number of nitrogens with zero attached hydrogens (tertiary/aromatic N) is 1. The van der Waals surface area contributed by atoms with Gasteiger partial charge in [0, 0.05) is 24.9 Å². The lowest BCUT2D eigenvalue weighted by Gasteiger charge is -2.25. The van der Waals surface area contributed by atoms with Crippen LogP contribution < -0.4 is 11.3 Å². The molecule has 0 aliphatic heterocycles. The van der Waals surface area contributed by atoms with Gasteiger partial charge in [0.15, 0.2) is 0 Å². The minimum atomic E-state index is -0.0221. The Morgan fingerprint density at radius 1 is 1.39 bits per heavy atom. The number of hydrazine groups is 1. The Morgan fingerprint density at radius 3 is 2.89 bits per heavy atom. The predicted molar refractivity (Wildman–Crippen MR) is 72.9 cm³/mol. The van der Waals surface area contributed by atoms with Gasteiger partial charge in [-0.15, -0.1) is 0 Å². The lowest BCUT2D eigenvalue weighted by molar-refractivity contribution is 0.0655. The lowest BCUT2D eigenvalue weighted by atomic mass is 9.95. The van der Waals surface area contributed by atoms with Gasteiger partial charge in [-0.2, -0.15) is 0 Å². The number of rotatable bonds is 5. The maximum absolute atomic E-state index is 5.70. The number of hydrogen-bond donors (Lipinski definition) is 2. The molecule has 2 unspecified atom stereocenters. The zero-order valence-electron chi connectivity index (χ0n) is 10.8. The normalized spacial score (nSPS) is 14.6. The van der Waals surface area contributed by atoms with Crippen molar-refractivity contribution in [3.05, 3.63) is 42.2 Å².